The van der Waals surface area contributed by atoms with Gasteiger partial charge in [-0.05, 0) is 75.3 Å². The summed E-state index contributed by atoms with van der Waals surface area (Å²) in [4.78, 5) is 0. The Kier molecular flexibility index (Phi) is 4.65. The second-order valence-corrected chi connectivity index (χ2v) is 8.39. The van der Waals surface area contributed by atoms with Crippen LogP contribution < -0.4 is 4.74 Å². The molecule has 0 unspecified atom stereocenters. The number of benzene rings is 2. The van der Waals surface area contributed by atoms with Gasteiger partial charge < -0.3 is 9.94 Å². The van der Waals surface area contributed by atoms with Gasteiger partial charge in [-0.15, -0.1) is 0 Å². The third-order valence-electron chi connectivity index (χ3n) is 5.44. The minimum absolute atomic E-state index is 0.221. The normalized spacial score (nSPS) is 20.4. The van der Waals surface area contributed by atoms with E-state index in [1.165, 1.54) is 16.7 Å². The third-order valence-corrected chi connectivity index (χ3v) is 5.44. The molecule has 1 aliphatic rings. The molecule has 1 aliphatic heterocycles. The van der Waals surface area contributed by atoms with E-state index < -0.39 is 0 Å². The van der Waals surface area contributed by atoms with Gasteiger partial charge in [-0.1, -0.05) is 36.4 Å². The van der Waals surface area contributed by atoms with E-state index in [9.17, 15) is 5.21 Å². The van der Waals surface area contributed by atoms with Crippen molar-refractivity contribution in [2.45, 2.75) is 57.5 Å². The van der Waals surface area contributed by atoms with Crippen molar-refractivity contribution in [2.75, 3.05) is 7.11 Å². The zero-order chi connectivity index (χ0) is 18.2. The van der Waals surface area contributed by atoms with Gasteiger partial charge in [-0.3, -0.25) is 0 Å². The fraction of sp³-hybridized carbons (Fsp3) is 0.455. The van der Waals surface area contributed by atoms with Gasteiger partial charge in [-0.2, -0.15) is 5.06 Å². The lowest BCUT2D eigenvalue weighted by atomic mass is 9.72. The Labute approximate surface area is 151 Å². The summed E-state index contributed by atoms with van der Waals surface area (Å²) >= 11 is 0. The first kappa shape index (κ1) is 18.0. The van der Waals surface area contributed by atoms with E-state index in [2.05, 4.69) is 64.1 Å². The first-order valence-electron chi connectivity index (χ1n) is 8.96. The fourth-order valence-electron chi connectivity index (χ4n) is 4.24. The number of methoxy groups -OCH3 is 1. The molecule has 1 fully saturated rings. The lowest BCUT2D eigenvalue weighted by Crippen LogP contribution is -2.58. The topological polar surface area (TPSA) is 32.7 Å². The van der Waals surface area contributed by atoms with Crippen molar-refractivity contribution >= 4 is 0 Å². The summed E-state index contributed by atoms with van der Waals surface area (Å²) in [7, 11) is 1.68. The molecule has 25 heavy (non-hydrogen) atoms. The average Bonchev–Trinajstić information content (AvgIpc) is 2.59. The third kappa shape index (κ3) is 3.58. The van der Waals surface area contributed by atoms with Crippen molar-refractivity contribution in [3.63, 3.8) is 0 Å². The van der Waals surface area contributed by atoms with Crippen molar-refractivity contribution in [2.24, 2.45) is 0 Å². The van der Waals surface area contributed by atoms with Gasteiger partial charge in [0.25, 0.3) is 0 Å². The number of nitrogens with zero attached hydrogens (tertiary/aromatic N) is 1. The van der Waals surface area contributed by atoms with Crippen LogP contribution in [0.15, 0.2) is 48.5 Å². The van der Waals surface area contributed by atoms with Gasteiger partial charge in [0.15, 0.2) is 0 Å². The number of hydrogen-bond donors (Lipinski definition) is 1. The molecule has 1 N–H and O–H groups in total. The maximum absolute atomic E-state index is 10.5. The molecule has 0 amide bonds. The number of hydrogen-bond acceptors (Lipinski definition) is 3. The van der Waals surface area contributed by atoms with Crippen molar-refractivity contribution < 1.29 is 9.94 Å². The predicted octanol–water partition coefficient (Wildman–Crippen LogP) is 5.49. The van der Waals surface area contributed by atoms with Crippen LogP contribution >= 0.6 is 0 Å². The largest absolute Gasteiger partial charge is 0.497 e. The van der Waals surface area contributed by atoms with Crippen molar-refractivity contribution in [3.05, 3.63) is 54.1 Å². The fourth-order valence-corrected chi connectivity index (χ4v) is 4.24. The Bertz CT molecular complexity index is 699. The molecule has 0 atom stereocenters. The van der Waals surface area contributed by atoms with E-state index in [0.717, 1.165) is 18.6 Å². The highest BCUT2D eigenvalue weighted by molar-refractivity contribution is 5.64. The van der Waals surface area contributed by atoms with Crippen LogP contribution in [0.4, 0.5) is 0 Å². The minimum Gasteiger partial charge on any atom is -0.497 e. The molecule has 2 aromatic carbocycles. The highest BCUT2D eigenvalue weighted by atomic mass is 16.5. The zero-order valence-corrected chi connectivity index (χ0v) is 15.9. The average molecular weight is 339 g/mol. The highest BCUT2D eigenvalue weighted by Gasteiger charge is 2.45. The molecule has 0 bridgehead atoms. The highest BCUT2D eigenvalue weighted by Crippen LogP contribution is 2.44. The second kappa shape index (κ2) is 6.47. The summed E-state index contributed by atoms with van der Waals surface area (Å²) in [6.07, 6.45) is 1.91. The van der Waals surface area contributed by atoms with Gasteiger partial charge in [0.1, 0.15) is 5.75 Å². The molecule has 0 aliphatic carbocycles. The van der Waals surface area contributed by atoms with E-state index in [-0.39, 0.29) is 11.1 Å². The van der Waals surface area contributed by atoms with E-state index in [4.69, 9.17) is 4.74 Å². The molecular formula is C22H29NO2. The molecule has 3 heteroatoms. The SMILES string of the molecule is COc1ccc(-c2ccc(C3CC(C)(C)N(O)C(C)(C)C3)cc2)cc1. The number of rotatable bonds is 3. The molecule has 0 spiro atoms. The first-order chi connectivity index (χ1) is 11.7. The van der Waals surface area contributed by atoms with Crippen LogP contribution in [0.2, 0.25) is 0 Å². The van der Waals surface area contributed by atoms with Crippen LogP contribution in [0.1, 0.15) is 52.0 Å². The Morgan fingerprint density at radius 1 is 0.840 bits per heavy atom. The molecule has 3 rings (SSSR count). The van der Waals surface area contributed by atoms with Gasteiger partial charge in [0.2, 0.25) is 0 Å². The molecule has 134 valence electrons. The van der Waals surface area contributed by atoms with Crippen LogP contribution in [0, 0.1) is 0 Å². The standard InChI is InChI=1S/C22H29NO2/c1-21(2)14-19(15-22(3,4)23(21)24)18-8-6-16(7-9-18)17-10-12-20(25-5)13-11-17/h6-13,19,24H,14-15H2,1-5H3. The van der Waals surface area contributed by atoms with Crippen molar-refractivity contribution in [3.8, 4) is 16.9 Å². The monoisotopic (exact) mass is 339 g/mol. The van der Waals surface area contributed by atoms with Crippen LogP contribution in [0.25, 0.3) is 11.1 Å². The molecule has 0 aromatic heterocycles. The summed E-state index contributed by atoms with van der Waals surface area (Å²) in [6.45, 7) is 8.47. The van der Waals surface area contributed by atoms with Gasteiger partial charge in [0, 0.05) is 11.1 Å². The van der Waals surface area contributed by atoms with Gasteiger partial charge >= 0.3 is 0 Å². The van der Waals surface area contributed by atoms with Crippen LogP contribution in [0.5, 0.6) is 5.75 Å². The minimum atomic E-state index is -0.221. The van der Waals surface area contributed by atoms with Crippen LogP contribution in [-0.4, -0.2) is 28.5 Å². The smallest absolute Gasteiger partial charge is 0.118 e. The van der Waals surface area contributed by atoms with Gasteiger partial charge in [-0.25, -0.2) is 0 Å². The summed E-state index contributed by atoms with van der Waals surface area (Å²) in [5, 5.41) is 12.0. The molecular weight excluding hydrogens is 310 g/mol. The number of hydroxylamine groups is 2. The van der Waals surface area contributed by atoms with E-state index in [1.54, 1.807) is 12.2 Å². The number of ether oxygens (including phenoxy) is 1. The molecule has 2 aromatic rings. The van der Waals surface area contributed by atoms with E-state index in [0.29, 0.717) is 5.92 Å². The van der Waals surface area contributed by atoms with E-state index in [1.807, 2.05) is 12.1 Å². The quantitative estimate of drug-likeness (QED) is 0.803. The first-order valence-corrected chi connectivity index (χ1v) is 8.96. The predicted molar refractivity (Wildman–Crippen MR) is 102 cm³/mol. The molecule has 0 saturated carbocycles. The second-order valence-electron chi connectivity index (χ2n) is 8.39. The molecule has 1 heterocycles. The molecule has 3 nitrogen and oxygen atoms in total. The lowest BCUT2D eigenvalue weighted by Gasteiger charge is -2.51. The maximum Gasteiger partial charge on any atom is 0.118 e. The summed E-state index contributed by atoms with van der Waals surface area (Å²) < 4.78 is 5.23. The molecule has 1 saturated heterocycles. The molecule has 0 radical (unpaired) electrons. The summed E-state index contributed by atoms with van der Waals surface area (Å²) in [5.41, 5.74) is 3.32. The number of piperidine rings is 1. The zero-order valence-electron chi connectivity index (χ0n) is 15.9. The Balaban J connectivity index is 1.82. The van der Waals surface area contributed by atoms with E-state index >= 15 is 0 Å². The Morgan fingerprint density at radius 3 is 1.72 bits per heavy atom. The summed E-state index contributed by atoms with van der Waals surface area (Å²) in [5.74, 6) is 1.33. The van der Waals surface area contributed by atoms with Crippen molar-refractivity contribution in [1.29, 1.82) is 0 Å². The lowest BCUT2D eigenvalue weighted by molar-refractivity contribution is -0.245. The van der Waals surface area contributed by atoms with Gasteiger partial charge in [0.05, 0.1) is 7.11 Å². The Morgan fingerprint density at radius 2 is 1.28 bits per heavy atom. The maximum atomic E-state index is 10.5. The van der Waals surface area contributed by atoms with Crippen LogP contribution in [-0.2, 0) is 0 Å². The van der Waals surface area contributed by atoms with Crippen LogP contribution in [0.3, 0.4) is 0 Å². The van der Waals surface area contributed by atoms with Crippen molar-refractivity contribution in [1.82, 2.24) is 5.06 Å². The summed E-state index contributed by atoms with van der Waals surface area (Å²) in [6, 6.07) is 17.0. The Hall–Kier alpha value is -1.84.